The number of hydrogen-bond donors (Lipinski definition) is 3. The smallest absolute Gasteiger partial charge is 0.414 e. The molecule has 3 N–H and O–H groups in total. The van der Waals surface area contributed by atoms with Crippen molar-refractivity contribution in [2.24, 2.45) is 0 Å². The van der Waals surface area contributed by atoms with Crippen molar-refractivity contribution in [3.05, 3.63) is 59.2 Å². The van der Waals surface area contributed by atoms with Gasteiger partial charge in [-0.05, 0) is 5.56 Å². The van der Waals surface area contributed by atoms with E-state index in [1.54, 1.807) is 6.20 Å². The van der Waals surface area contributed by atoms with Crippen LogP contribution in [0.1, 0.15) is 23.2 Å². The first-order valence-corrected chi connectivity index (χ1v) is 10.0. The molecule has 1 fully saturated rings. The van der Waals surface area contributed by atoms with Crippen molar-refractivity contribution < 1.29 is 29.1 Å². The maximum Gasteiger partial charge on any atom is 0.414 e. The van der Waals surface area contributed by atoms with Gasteiger partial charge in [0.15, 0.2) is 11.0 Å². The summed E-state index contributed by atoms with van der Waals surface area (Å²) in [5, 5.41) is 24.1. The second-order valence-corrected chi connectivity index (χ2v) is 7.49. The van der Waals surface area contributed by atoms with Crippen LogP contribution >= 0.6 is 11.3 Å². The van der Waals surface area contributed by atoms with Crippen molar-refractivity contribution in [1.29, 1.82) is 0 Å². The van der Waals surface area contributed by atoms with Gasteiger partial charge in [0, 0.05) is 31.1 Å². The molecule has 0 radical (unpaired) electrons. The number of carboxylic acid groups (broad SMARTS) is 2. The van der Waals surface area contributed by atoms with Gasteiger partial charge in [-0.1, -0.05) is 35.5 Å². The third-order valence-electron chi connectivity index (χ3n) is 4.22. The molecular formula is C19H19N5O6S. The van der Waals surface area contributed by atoms with Gasteiger partial charge >= 0.3 is 11.9 Å². The summed E-state index contributed by atoms with van der Waals surface area (Å²) in [6, 6.07) is 10.1. The zero-order valence-corrected chi connectivity index (χ0v) is 17.0. The third kappa shape index (κ3) is 6.69. The Morgan fingerprint density at radius 3 is 2.48 bits per heavy atom. The summed E-state index contributed by atoms with van der Waals surface area (Å²) in [6.07, 6.45) is 2.33. The van der Waals surface area contributed by atoms with E-state index in [4.69, 9.17) is 24.3 Å². The second-order valence-electron chi connectivity index (χ2n) is 6.60. The normalized spacial score (nSPS) is 13.5. The Labute approximate surface area is 180 Å². The number of benzene rings is 1. The monoisotopic (exact) mass is 445 g/mol. The fraction of sp³-hybridized carbons (Fsp3) is 0.263. The van der Waals surface area contributed by atoms with E-state index in [0.29, 0.717) is 29.8 Å². The van der Waals surface area contributed by atoms with E-state index < -0.39 is 11.9 Å². The minimum Gasteiger partial charge on any atom is -0.473 e. The number of nitrogens with one attached hydrogen (secondary N) is 1. The quantitative estimate of drug-likeness (QED) is 0.472. The number of likely N-dealkylation sites (tertiary alicyclic amines) is 1. The highest BCUT2D eigenvalue weighted by atomic mass is 32.1. The summed E-state index contributed by atoms with van der Waals surface area (Å²) in [6.45, 7) is 1.84. The molecule has 0 aliphatic carbocycles. The molecule has 162 valence electrons. The maximum absolute atomic E-state index is 11.9. The van der Waals surface area contributed by atoms with Crippen LogP contribution in [0.3, 0.4) is 0 Å². The topological polar surface area (TPSA) is 159 Å². The van der Waals surface area contributed by atoms with E-state index in [2.05, 4.69) is 25.3 Å². The van der Waals surface area contributed by atoms with E-state index in [9.17, 15) is 4.79 Å². The summed E-state index contributed by atoms with van der Waals surface area (Å²) < 4.78 is 5.38. The highest BCUT2D eigenvalue weighted by Crippen LogP contribution is 2.25. The number of rotatable bonds is 6. The van der Waals surface area contributed by atoms with Gasteiger partial charge in [-0.2, -0.15) is 4.98 Å². The van der Waals surface area contributed by atoms with Crippen LogP contribution in [0.2, 0.25) is 0 Å². The van der Waals surface area contributed by atoms with Crippen LogP contribution in [0.4, 0.5) is 5.13 Å². The number of carboxylic acids is 2. The van der Waals surface area contributed by atoms with Gasteiger partial charge in [0.25, 0.3) is 0 Å². The van der Waals surface area contributed by atoms with Crippen LogP contribution in [0.25, 0.3) is 0 Å². The number of carbonyl (C=O) groups excluding carboxylic acids is 1. The van der Waals surface area contributed by atoms with Gasteiger partial charge in [-0.3, -0.25) is 9.69 Å². The molecule has 1 aliphatic rings. The number of nitrogens with zero attached hydrogens (tertiary/aromatic N) is 4. The molecule has 1 aliphatic heterocycles. The number of aromatic nitrogens is 3. The van der Waals surface area contributed by atoms with Gasteiger partial charge < -0.3 is 20.1 Å². The lowest BCUT2D eigenvalue weighted by Crippen LogP contribution is -2.48. The van der Waals surface area contributed by atoms with Crippen LogP contribution in [0, 0.1) is 0 Å². The number of thiazole rings is 1. The molecule has 1 amide bonds. The minimum atomic E-state index is -1.82. The lowest BCUT2D eigenvalue weighted by atomic mass is 10.0. The van der Waals surface area contributed by atoms with Gasteiger partial charge in [0.1, 0.15) is 0 Å². The summed E-state index contributed by atoms with van der Waals surface area (Å²) in [4.78, 5) is 40.7. The zero-order chi connectivity index (χ0) is 22.2. The predicted molar refractivity (Wildman–Crippen MR) is 109 cm³/mol. The van der Waals surface area contributed by atoms with Gasteiger partial charge in [-0.25, -0.2) is 14.6 Å². The Balaban J connectivity index is 0.000000401. The highest BCUT2D eigenvalue weighted by Gasteiger charge is 2.33. The molecule has 3 heterocycles. The number of anilines is 1. The number of aliphatic carboxylic acids is 2. The first-order valence-electron chi connectivity index (χ1n) is 9.15. The molecule has 1 saturated heterocycles. The third-order valence-corrected chi connectivity index (χ3v) is 4.91. The van der Waals surface area contributed by atoms with E-state index >= 15 is 0 Å². The van der Waals surface area contributed by atoms with Gasteiger partial charge in [-0.15, -0.1) is 11.3 Å². The first-order chi connectivity index (χ1) is 14.9. The van der Waals surface area contributed by atoms with Crippen molar-refractivity contribution in [1.82, 2.24) is 20.0 Å². The molecule has 0 saturated carbocycles. The standard InChI is InChI=1S/C17H17N5O2S.C2H2O4/c23-15(20-17-18-6-7-25-17)11-22-9-13(10-22)16-19-14(21-24-16)8-12-4-2-1-3-5-12;3-1(4)2(5)6/h1-7,13H,8-11H2,(H,18,20,23);(H,3,4)(H,5,6). The number of amides is 1. The van der Waals surface area contributed by atoms with Gasteiger partial charge in [0.2, 0.25) is 11.8 Å². The molecule has 1 aromatic carbocycles. The van der Waals surface area contributed by atoms with Crippen LogP contribution < -0.4 is 5.32 Å². The fourth-order valence-electron chi connectivity index (χ4n) is 2.79. The second kappa shape index (κ2) is 10.4. The van der Waals surface area contributed by atoms with Crippen LogP contribution in [-0.2, 0) is 20.8 Å². The number of hydrogen-bond acceptors (Lipinski definition) is 9. The van der Waals surface area contributed by atoms with E-state index in [-0.39, 0.29) is 11.8 Å². The molecule has 12 heteroatoms. The Bertz CT molecular complexity index is 1010. The van der Waals surface area contributed by atoms with Crippen molar-refractivity contribution in [3.8, 4) is 0 Å². The van der Waals surface area contributed by atoms with Crippen LogP contribution in [0.15, 0.2) is 46.4 Å². The molecule has 11 nitrogen and oxygen atoms in total. The lowest BCUT2D eigenvalue weighted by Gasteiger charge is -2.36. The molecule has 0 atom stereocenters. The number of carbonyl (C=O) groups is 3. The van der Waals surface area contributed by atoms with Gasteiger partial charge in [0.05, 0.1) is 12.5 Å². The summed E-state index contributed by atoms with van der Waals surface area (Å²) in [5.74, 6) is -2.15. The van der Waals surface area contributed by atoms with Crippen molar-refractivity contribution >= 4 is 34.3 Å². The molecule has 0 bridgehead atoms. The molecule has 2 aromatic heterocycles. The summed E-state index contributed by atoms with van der Waals surface area (Å²) in [5.41, 5.74) is 1.16. The molecule has 31 heavy (non-hydrogen) atoms. The molecular weight excluding hydrogens is 426 g/mol. The fourth-order valence-corrected chi connectivity index (χ4v) is 3.33. The van der Waals surface area contributed by atoms with Crippen molar-refractivity contribution in [2.45, 2.75) is 12.3 Å². The van der Waals surface area contributed by atoms with Crippen molar-refractivity contribution in [2.75, 3.05) is 25.0 Å². The summed E-state index contributed by atoms with van der Waals surface area (Å²) >= 11 is 1.41. The van der Waals surface area contributed by atoms with Crippen LogP contribution in [-0.4, -0.2) is 67.7 Å². The average Bonchev–Trinajstić information content (AvgIpc) is 3.38. The molecule has 3 aromatic rings. The largest absolute Gasteiger partial charge is 0.473 e. The first kappa shape index (κ1) is 22.1. The van der Waals surface area contributed by atoms with E-state index in [1.165, 1.54) is 11.3 Å². The zero-order valence-electron chi connectivity index (χ0n) is 16.2. The average molecular weight is 445 g/mol. The maximum atomic E-state index is 11.9. The summed E-state index contributed by atoms with van der Waals surface area (Å²) in [7, 11) is 0. The Morgan fingerprint density at radius 1 is 1.16 bits per heavy atom. The molecule has 0 unspecified atom stereocenters. The predicted octanol–water partition coefficient (Wildman–Crippen LogP) is 1.31. The van der Waals surface area contributed by atoms with E-state index in [1.807, 2.05) is 35.7 Å². The van der Waals surface area contributed by atoms with Crippen molar-refractivity contribution in [3.63, 3.8) is 0 Å². The SMILES string of the molecule is O=C(CN1CC(c2nc(Cc3ccccc3)no2)C1)Nc1nccs1.O=C(O)C(=O)O. The Kier molecular flexibility index (Phi) is 7.40. The minimum absolute atomic E-state index is 0.0521. The highest BCUT2D eigenvalue weighted by molar-refractivity contribution is 7.13. The molecule has 0 spiro atoms. The van der Waals surface area contributed by atoms with E-state index in [0.717, 1.165) is 18.7 Å². The van der Waals surface area contributed by atoms with Crippen LogP contribution in [0.5, 0.6) is 0 Å². The Morgan fingerprint density at radius 2 is 1.87 bits per heavy atom. The molecule has 4 rings (SSSR count). The Hall–Kier alpha value is -3.64. The lowest BCUT2D eigenvalue weighted by molar-refractivity contribution is -0.159.